The van der Waals surface area contributed by atoms with Crippen molar-refractivity contribution < 1.29 is 9.53 Å². The molecule has 19 heavy (non-hydrogen) atoms. The van der Waals surface area contributed by atoms with Gasteiger partial charge in [-0.25, -0.2) is 0 Å². The van der Waals surface area contributed by atoms with E-state index in [2.05, 4.69) is 13.8 Å². The molecule has 1 aliphatic rings. The van der Waals surface area contributed by atoms with Crippen LogP contribution in [0.2, 0.25) is 0 Å². The van der Waals surface area contributed by atoms with E-state index in [9.17, 15) is 4.79 Å². The molecule has 0 radical (unpaired) electrons. The average molecular weight is 262 g/mol. The van der Waals surface area contributed by atoms with Crippen molar-refractivity contribution >= 4 is 5.91 Å². The summed E-state index contributed by atoms with van der Waals surface area (Å²) in [5, 5.41) is 0. The third kappa shape index (κ3) is 3.70. The lowest BCUT2D eigenvalue weighted by Gasteiger charge is -2.16. The number of hydrogen-bond acceptors (Lipinski definition) is 3. The van der Waals surface area contributed by atoms with Gasteiger partial charge in [-0.05, 0) is 43.5 Å². The molecule has 4 heteroatoms. The molecule has 1 aliphatic heterocycles. The minimum atomic E-state index is 0.136. The first-order valence-corrected chi connectivity index (χ1v) is 6.79. The smallest absolute Gasteiger partial charge is 0.226 e. The molecule has 0 bridgehead atoms. The zero-order chi connectivity index (χ0) is 13.8. The van der Waals surface area contributed by atoms with Crippen LogP contribution >= 0.6 is 0 Å². The van der Waals surface area contributed by atoms with Crippen LogP contribution < -0.4 is 10.5 Å². The molecule has 0 spiro atoms. The van der Waals surface area contributed by atoms with E-state index in [-0.39, 0.29) is 11.9 Å². The fraction of sp³-hybridized carbons (Fsp3) is 0.533. The van der Waals surface area contributed by atoms with Gasteiger partial charge in [0.05, 0.1) is 13.0 Å². The van der Waals surface area contributed by atoms with E-state index in [4.69, 9.17) is 10.5 Å². The standard InChI is InChI=1S/C15H22N2O2/c1-11-3-4-14(9-12(11)2)19-8-6-15(18)17-7-5-13(16)10-17/h3-4,9,13H,5-8,10,16H2,1-2H3/t13-/m1/s1. The molecule has 104 valence electrons. The Morgan fingerprint density at radius 2 is 2.21 bits per heavy atom. The van der Waals surface area contributed by atoms with Gasteiger partial charge in [0.15, 0.2) is 0 Å². The van der Waals surface area contributed by atoms with Gasteiger partial charge < -0.3 is 15.4 Å². The van der Waals surface area contributed by atoms with Crippen LogP contribution in [0.15, 0.2) is 18.2 Å². The molecule has 0 saturated carbocycles. The number of aryl methyl sites for hydroxylation is 2. The van der Waals surface area contributed by atoms with Crippen molar-refractivity contribution in [1.29, 1.82) is 0 Å². The van der Waals surface area contributed by atoms with Crippen LogP contribution in [0.5, 0.6) is 5.75 Å². The first-order chi connectivity index (χ1) is 9.06. The largest absolute Gasteiger partial charge is 0.493 e. The molecule has 2 rings (SSSR count). The minimum absolute atomic E-state index is 0.136. The van der Waals surface area contributed by atoms with Gasteiger partial charge in [-0.15, -0.1) is 0 Å². The third-order valence-electron chi connectivity index (χ3n) is 3.64. The van der Waals surface area contributed by atoms with E-state index >= 15 is 0 Å². The highest BCUT2D eigenvalue weighted by atomic mass is 16.5. The van der Waals surface area contributed by atoms with Crippen LogP contribution in [0.4, 0.5) is 0 Å². The molecule has 2 N–H and O–H groups in total. The van der Waals surface area contributed by atoms with Crippen molar-refractivity contribution in [3.05, 3.63) is 29.3 Å². The number of likely N-dealkylation sites (tertiary alicyclic amines) is 1. The Kier molecular flexibility index (Phi) is 4.43. The second-order valence-corrected chi connectivity index (χ2v) is 5.23. The summed E-state index contributed by atoms with van der Waals surface area (Å²) in [5.41, 5.74) is 8.24. The van der Waals surface area contributed by atoms with Gasteiger partial charge in [0.2, 0.25) is 5.91 Å². The maximum Gasteiger partial charge on any atom is 0.226 e. The van der Waals surface area contributed by atoms with Crippen LogP contribution in [-0.4, -0.2) is 36.5 Å². The molecule has 0 aromatic heterocycles. The fourth-order valence-corrected chi connectivity index (χ4v) is 2.23. The van der Waals surface area contributed by atoms with E-state index in [0.29, 0.717) is 19.6 Å². The summed E-state index contributed by atoms with van der Waals surface area (Å²) in [4.78, 5) is 13.7. The van der Waals surface area contributed by atoms with Crippen molar-refractivity contribution in [3.63, 3.8) is 0 Å². The zero-order valence-corrected chi connectivity index (χ0v) is 11.7. The van der Waals surface area contributed by atoms with E-state index in [0.717, 1.165) is 18.7 Å². The summed E-state index contributed by atoms with van der Waals surface area (Å²) in [5.74, 6) is 0.964. The molecular weight excluding hydrogens is 240 g/mol. The molecule has 1 aromatic rings. The summed E-state index contributed by atoms with van der Waals surface area (Å²) in [6.07, 6.45) is 1.32. The molecule has 1 fully saturated rings. The highest BCUT2D eigenvalue weighted by Gasteiger charge is 2.23. The van der Waals surface area contributed by atoms with Crippen LogP contribution in [-0.2, 0) is 4.79 Å². The number of ether oxygens (including phenoxy) is 1. The summed E-state index contributed by atoms with van der Waals surface area (Å²) < 4.78 is 5.62. The molecule has 1 atom stereocenters. The number of carbonyl (C=O) groups excluding carboxylic acids is 1. The Bertz CT molecular complexity index is 459. The third-order valence-corrected chi connectivity index (χ3v) is 3.64. The minimum Gasteiger partial charge on any atom is -0.493 e. The monoisotopic (exact) mass is 262 g/mol. The Hall–Kier alpha value is -1.55. The van der Waals surface area contributed by atoms with Crippen molar-refractivity contribution in [3.8, 4) is 5.75 Å². The number of hydrogen-bond donors (Lipinski definition) is 1. The number of amides is 1. The molecule has 4 nitrogen and oxygen atoms in total. The first kappa shape index (κ1) is 13.9. The molecule has 1 saturated heterocycles. The molecular formula is C15H22N2O2. The fourth-order valence-electron chi connectivity index (χ4n) is 2.23. The molecule has 0 aliphatic carbocycles. The summed E-state index contributed by atoms with van der Waals surface area (Å²) in [6, 6.07) is 6.13. The SMILES string of the molecule is Cc1ccc(OCCC(=O)N2CC[C@@H](N)C2)cc1C. The summed E-state index contributed by atoms with van der Waals surface area (Å²) in [6.45, 7) is 6.01. The van der Waals surface area contributed by atoms with Crippen molar-refractivity contribution in [1.82, 2.24) is 4.90 Å². The first-order valence-electron chi connectivity index (χ1n) is 6.79. The van der Waals surface area contributed by atoms with Crippen LogP contribution in [0.25, 0.3) is 0 Å². The average Bonchev–Trinajstić information content (AvgIpc) is 2.80. The van der Waals surface area contributed by atoms with Crippen molar-refractivity contribution in [2.45, 2.75) is 32.7 Å². The molecule has 1 heterocycles. The Morgan fingerprint density at radius 1 is 1.42 bits per heavy atom. The summed E-state index contributed by atoms with van der Waals surface area (Å²) >= 11 is 0. The number of rotatable bonds is 4. The van der Waals surface area contributed by atoms with Gasteiger partial charge in [0, 0.05) is 19.1 Å². The van der Waals surface area contributed by atoms with Crippen LogP contribution in [0.3, 0.4) is 0 Å². The Morgan fingerprint density at radius 3 is 2.84 bits per heavy atom. The second-order valence-electron chi connectivity index (χ2n) is 5.23. The predicted molar refractivity (Wildman–Crippen MR) is 75.2 cm³/mol. The van der Waals surface area contributed by atoms with E-state index in [1.807, 2.05) is 23.1 Å². The van der Waals surface area contributed by atoms with Crippen molar-refractivity contribution in [2.75, 3.05) is 19.7 Å². The van der Waals surface area contributed by atoms with Gasteiger partial charge in [-0.2, -0.15) is 0 Å². The van der Waals surface area contributed by atoms with E-state index in [1.54, 1.807) is 0 Å². The maximum atomic E-state index is 11.9. The summed E-state index contributed by atoms with van der Waals surface area (Å²) in [7, 11) is 0. The predicted octanol–water partition coefficient (Wildman–Crippen LogP) is 1.63. The molecule has 0 unspecified atom stereocenters. The number of carbonyl (C=O) groups is 1. The molecule has 1 aromatic carbocycles. The number of nitrogens with two attached hydrogens (primary N) is 1. The van der Waals surface area contributed by atoms with Gasteiger partial charge in [0.25, 0.3) is 0 Å². The van der Waals surface area contributed by atoms with Crippen LogP contribution in [0.1, 0.15) is 24.0 Å². The van der Waals surface area contributed by atoms with Gasteiger partial charge in [-0.1, -0.05) is 6.07 Å². The van der Waals surface area contributed by atoms with E-state index < -0.39 is 0 Å². The number of nitrogens with zero attached hydrogens (tertiary/aromatic N) is 1. The highest BCUT2D eigenvalue weighted by molar-refractivity contribution is 5.76. The topological polar surface area (TPSA) is 55.6 Å². The van der Waals surface area contributed by atoms with Crippen molar-refractivity contribution in [2.24, 2.45) is 5.73 Å². The lowest BCUT2D eigenvalue weighted by molar-refractivity contribution is -0.130. The van der Waals surface area contributed by atoms with Gasteiger partial charge in [-0.3, -0.25) is 4.79 Å². The molecule has 1 amide bonds. The van der Waals surface area contributed by atoms with Gasteiger partial charge in [0.1, 0.15) is 5.75 Å². The quantitative estimate of drug-likeness (QED) is 0.897. The van der Waals surface area contributed by atoms with Gasteiger partial charge >= 0.3 is 0 Å². The van der Waals surface area contributed by atoms with E-state index in [1.165, 1.54) is 11.1 Å². The maximum absolute atomic E-state index is 11.9. The Balaban J connectivity index is 1.77. The lowest BCUT2D eigenvalue weighted by Crippen LogP contribution is -2.32. The lowest BCUT2D eigenvalue weighted by atomic mass is 10.1. The van der Waals surface area contributed by atoms with Crippen LogP contribution in [0, 0.1) is 13.8 Å². The number of benzene rings is 1. The normalized spacial score (nSPS) is 18.7. The highest BCUT2D eigenvalue weighted by Crippen LogP contribution is 2.17. The second kappa shape index (κ2) is 6.06. The zero-order valence-electron chi connectivity index (χ0n) is 11.7. The Labute approximate surface area is 114 Å².